The molecule has 0 fully saturated rings. The summed E-state index contributed by atoms with van der Waals surface area (Å²) in [4.78, 5) is 17.5. The molecular weight excluding hydrogens is 324 g/mol. The Hall–Kier alpha value is -2.69. The highest BCUT2D eigenvalue weighted by molar-refractivity contribution is 5.94. The second-order valence-corrected chi connectivity index (χ2v) is 7.55. The molecule has 0 aliphatic rings. The Labute approximate surface area is 154 Å². The first-order chi connectivity index (χ1) is 12.4. The van der Waals surface area contributed by atoms with Gasteiger partial charge in [-0.25, -0.2) is 9.50 Å². The van der Waals surface area contributed by atoms with Crippen molar-refractivity contribution >= 4 is 11.6 Å². The summed E-state index contributed by atoms with van der Waals surface area (Å²) >= 11 is 0. The van der Waals surface area contributed by atoms with Gasteiger partial charge >= 0.3 is 0 Å². The number of carbonyl (C=O) groups is 1. The SMILES string of the molecule is CCCCNC(=O)c1cc(-c2ccccc2)nc2cc(C(C)(C)C)nn12. The average Bonchev–Trinajstić information content (AvgIpc) is 3.06. The molecule has 26 heavy (non-hydrogen) atoms. The summed E-state index contributed by atoms with van der Waals surface area (Å²) < 4.78 is 1.66. The molecule has 136 valence electrons. The van der Waals surface area contributed by atoms with Crippen molar-refractivity contribution in [1.82, 2.24) is 19.9 Å². The van der Waals surface area contributed by atoms with E-state index in [1.165, 1.54) is 0 Å². The lowest BCUT2D eigenvalue weighted by atomic mass is 9.93. The van der Waals surface area contributed by atoms with Crippen LogP contribution in [0.1, 0.15) is 56.7 Å². The number of nitrogens with one attached hydrogen (secondary N) is 1. The van der Waals surface area contributed by atoms with Gasteiger partial charge in [0.25, 0.3) is 5.91 Å². The molecule has 0 unspecified atom stereocenters. The molecule has 5 heteroatoms. The van der Waals surface area contributed by atoms with Crippen molar-refractivity contribution in [2.75, 3.05) is 6.54 Å². The van der Waals surface area contributed by atoms with Crippen LogP contribution >= 0.6 is 0 Å². The molecule has 1 amide bonds. The Morgan fingerprint density at radius 3 is 2.54 bits per heavy atom. The highest BCUT2D eigenvalue weighted by Gasteiger charge is 2.21. The van der Waals surface area contributed by atoms with E-state index in [0.29, 0.717) is 17.9 Å². The molecular formula is C21H26N4O. The lowest BCUT2D eigenvalue weighted by molar-refractivity contribution is 0.0945. The van der Waals surface area contributed by atoms with E-state index in [0.717, 1.165) is 29.8 Å². The van der Waals surface area contributed by atoms with Gasteiger partial charge in [0.05, 0.1) is 11.4 Å². The van der Waals surface area contributed by atoms with Gasteiger partial charge in [-0.05, 0) is 12.5 Å². The van der Waals surface area contributed by atoms with Crippen molar-refractivity contribution in [2.24, 2.45) is 0 Å². The molecule has 0 radical (unpaired) electrons. The predicted molar refractivity (Wildman–Crippen MR) is 104 cm³/mol. The van der Waals surface area contributed by atoms with Crippen molar-refractivity contribution in [3.63, 3.8) is 0 Å². The van der Waals surface area contributed by atoms with Crippen LogP contribution in [0.4, 0.5) is 0 Å². The zero-order valence-corrected chi connectivity index (χ0v) is 15.9. The first kappa shape index (κ1) is 18.1. The van der Waals surface area contributed by atoms with E-state index in [1.807, 2.05) is 42.5 Å². The Balaban J connectivity index is 2.12. The number of carbonyl (C=O) groups excluding carboxylic acids is 1. The Morgan fingerprint density at radius 1 is 1.15 bits per heavy atom. The second-order valence-electron chi connectivity index (χ2n) is 7.55. The van der Waals surface area contributed by atoms with Crippen LogP contribution in [0.3, 0.4) is 0 Å². The number of benzene rings is 1. The summed E-state index contributed by atoms with van der Waals surface area (Å²) in [5, 5.41) is 7.65. The normalized spacial score (nSPS) is 11.7. The first-order valence-corrected chi connectivity index (χ1v) is 9.15. The summed E-state index contributed by atoms with van der Waals surface area (Å²) in [6.07, 6.45) is 2.00. The molecule has 2 heterocycles. The molecule has 5 nitrogen and oxygen atoms in total. The maximum Gasteiger partial charge on any atom is 0.270 e. The highest BCUT2D eigenvalue weighted by Crippen LogP contribution is 2.25. The average molecular weight is 350 g/mol. The zero-order chi connectivity index (χ0) is 18.7. The molecule has 0 aliphatic heterocycles. The molecule has 2 aromatic heterocycles. The third-order valence-electron chi connectivity index (χ3n) is 4.31. The summed E-state index contributed by atoms with van der Waals surface area (Å²) in [6, 6.07) is 13.7. The van der Waals surface area contributed by atoms with Gasteiger partial charge in [0, 0.05) is 23.6 Å². The molecule has 0 atom stereocenters. The number of unbranched alkanes of at least 4 members (excludes halogenated alkanes) is 1. The fourth-order valence-electron chi connectivity index (χ4n) is 2.73. The molecule has 0 aliphatic carbocycles. The molecule has 3 rings (SSSR count). The quantitative estimate of drug-likeness (QED) is 0.701. The Morgan fingerprint density at radius 2 is 1.88 bits per heavy atom. The maximum absolute atomic E-state index is 12.8. The van der Waals surface area contributed by atoms with Crippen molar-refractivity contribution < 1.29 is 4.79 Å². The van der Waals surface area contributed by atoms with E-state index in [-0.39, 0.29) is 11.3 Å². The smallest absolute Gasteiger partial charge is 0.270 e. The number of nitrogens with zero attached hydrogens (tertiary/aromatic N) is 3. The second kappa shape index (κ2) is 7.28. The Kier molecular flexibility index (Phi) is 5.07. The van der Waals surface area contributed by atoms with E-state index >= 15 is 0 Å². The summed E-state index contributed by atoms with van der Waals surface area (Å²) in [5.41, 5.74) is 3.77. The summed E-state index contributed by atoms with van der Waals surface area (Å²) in [7, 11) is 0. The van der Waals surface area contributed by atoms with E-state index in [4.69, 9.17) is 4.98 Å². The zero-order valence-electron chi connectivity index (χ0n) is 15.9. The van der Waals surface area contributed by atoms with Gasteiger partial charge in [-0.3, -0.25) is 4.79 Å². The van der Waals surface area contributed by atoms with Crippen LogP contribution in [-0.2, 0) is 5.41 Å². The third-order valence-corrected chi connectivity index (χ3v) is 4.31. The standard InChI is InChI=1S/C21H26N4O/c1-5-6-12-22-20(26)17-13-16(15-10-8-7-9-11-15)23-19-14-18(21(2,3)4)24-25(17)19/h7-11,13-14H,5-6,12H2,1-4H3,(H,22,26). The molecule has 0 saturated carbocycles. The van der Waals surface area contributed by atoms with Crippen LogP contribution < -0.4 is 5.32 Å². The summed E-state index contributed by atoms with van der Waals surface area (Å²) in [5.74, 6) is -0.119. The lowest BCUT2D eigenvalue weighted by Gasteiger charge is -2.13. The van der Waals surface area contributed by atoms with E-state index < -0.39 is 0 Å². The van der Waals surface area contributed by atoms with Gasteiger partial charge in [0.15, 0.2) is 5.65 Å². The van der Waals surface area contributed by atoms with Gasteiger partial charge in [0.2, 0.25) is 0 Å². The first-order valence-electron chi connectivity index (χ1n) is 9.15. The fraction of sp³-hybridized carbons (Fsp3) is 0.381. The third kappa shape index (κ3) is 3.77. The van der Waals surface area contributed by atoms with Crippen molar-refractivity contribution in [3.8, 4) is 11.3 Å². The van der Waals surface area contributed by atoms with Crippen LogP contribution in [0, 0.1) is 0 Å². The van der Waals surface area contributed by atoms with Gasteiger partial charge in [-0.2, -0.15) is 5.10 Å². The fourth-order valence-corrected chi connectivity index (χ4v) is 2.73. The molecule has 1 aromatic carbocycles. The Bertz CT molecular complexity index is 907. The molecule has 3 aromatic rings. The number of hydrogen-bond acceptors (Lipinski definition) is 3. The topological polar surface area (TPSA) is 59.3 Å². The molecule has 1 N–H and O–H groups in total. The van der Waals surface area contributed by atoms with Crippen molar-refractivity contribution in [2.45, 2.75) is 46.0 Å². The monoisotopic (exact) mass is 350 g/mol. The minimum Gasteiger partial charge on any atom is -0.351 e. The van der Waals surface area contributed by atoms with Crippen LogP contribution in [0.15, 0.2) is 42.5 Å². The van der Waals surface area contributed by atoms with Crippen LogP contribution in [0.2, 0.25) is 0 Å². The molecule has 0 saturated heterocycles. The van der Waals surface area contributed by atoms with E-state index in [9.17, 15) is 4.79 Å². The van der Waals surface area contributed by atoms with E-state index in [2.05, 4.69) is 38.1 Å². The minimum absolute atomic E-state index is 0.115. The largest absolute Gasteiger partial charge is 0.351 e. The van der Waals surface area contributed by atoms with Crippen LogP contribution in [-0.4, -0.2) is 27.0 Å². The molecule has 0 bridgehead atoms. The van der Waals surface area contributed by atoms with Gasteiger partial charge in [-0.15, -0.1) is 0 Å². The van der Waals surface area contributed by atoms with Gasteiger partial charge in [-0.1, -0.05) is 64.4 Å². The number of aromatic nitrogens is 3. The van der Waals surface area contributed by atoms with Crippen molar-refractivity contribution in [1.29, 1.82) is 0 Å². The maximum atomic E-state index is 12.8. The summed E-state index contributed by atoms with van der Waals surface area (Å²) in [6.45, 7) is 9.08. The van der Waals surface area contributed by atoms with Crippen LogP contribution in [0.5, 0.6) is 0 Å². The number of fused-ring (bicyclic) bond motifs is 1. The van der Waals surface area contributed by atoms with Crippen LogP contribution in [0.25, 0.3) is 16.9 Å². The minimum atomic E-state index is -0.119. The molecule has 0 spiro atoms. The number of amides is 1. The number of rotatable bonds is 5. The van der Waals surface area contributed by atoms with Crippen molar-refractivity contribution in [3.05, 3.63) is 53.9 Å². The lowest BCUT2D eigenvalue weighted by Crippen LogP contribution is -2.27. The highest BCUT2D eigenvalue weighted by atomic mass is 16.1. The van der Waals surface area contributed by atoms with E-state index in [1.54, 1.807) is 4.52 Å². The van der Waals surface area contributed by atoms with Gasteiger partial charge in [0.1, 0.15) is 5.69 Å². The predicted octanol–water partition coefficient (Wildman–Crippen LogP) is 4.22. The van der Waals surface area contributed by atoms with Gasteiger partial charge < -0.3 is 5.32 Å². The number of hydrogen-bond donors (Lipinski definition) is 1.